The molecule has 0 saturated carbocycles. The first-order valence-electron chi connectivity index (χ1n) is 14.5. The zero-order chi connectivity index (χ0) is 32.2. The first kappa shape index (κ1) is 33.6. The van der Waals surface area contributed by atoms with Gasteiger partial charge in [-0.3, -0.25) is 19.4 Å². The van der Waals surface area contributed by atoms with Gasteiger partial charge in [-0.2, -0.15) is 0 Å². The molecule has 0 bridgehead atoms. The number of para-hydroxylation sites is 1. The Morgan fingerprint density at radius 1 is 1.00 bits per heavy atom. The summed E-state index contributed by atoms with van der Waals surface area (Å²) in [6, 6.07) is 3.11. The van der Waals surface area contributed by atoms with E-state index in [4.69, 9.17) is 17.2 Å². The number of nitrogens with zero attached hydrogens (tertiary/aromatic N) is 2. The predicted octanol–water partition coefficient (Wildman–Crippen LogP) is -0.358. The monoisotopic (exact) mass is 610 g/mol. The van der Waals surface area contributed by atoms with Gasteiger partial charge in [0.25, 0.3) is 0 Å². The number of aromatic amines is 2. The maximum atomic E-state index is 13.8. The molecule has 3 rings (SSSR count). The van der Waals surface area contributed by atoms with Gasteiger partial charge >= 0.3 is 5.97 Å². The Morgan fingerprint density at radius 3 is 2.36 bits per heavy atom. The van der Waals surface area contributed by atoms with Gasteiger partial charge in [0, 0.05) is 48.4 Å². The molecule has 0 radical (unpaired) electrons. The zero-order valence-corrected chi connectivity index (χ0v) is 24.9. The lowest BCUT2D eigenvalue weighted by atomic mass is 9.98. The summed E-state index contributed by atoms with van der Waals surface area (Å²) in [4.78, 5) is 66.1. The molecule has 5 unspecified atom stereocenters. The number of hydrogen-bond acceptors (Lipinski definition) is 7. The number of nitrogens with one attached hydrogen (secondary N) is 5. The maximum Gasteiger partial charge on any atom is 0.326 e. The van der Waals surface area contributed by atoms with Crippen molar-refractivity contribution in [3.63, 3.8) is 0 Å². The maximum absolute atomic E-state index is 13.8. The highest BCUT2D eigenvalue weighted by Crippen LogP contribution is 2.19. The summed E-state index contributed by atoms with van der Waals surface area (Å²) in [5, 5.41) is 18.6. The van der Waals surface area contributed by atoms with Crippen LogP contribution in [-0.2, 0) is 32.0 Å². The van der Waals surface area contributed by atoms with Crippen LogP contribution < -0.4 is 33.2 Å². The molecular weight excluding hydrogens is 568 g/mol. The summed E-state index contributed by atoms with van der Waals surface area (Å²) >= 11 is 0. The van der Waals surface area contributed by atoms with Gasteiger partial charge in [0.05, 0.1) is 12.4 Å². The average molecular weight is 611 g/mol. The standard InChI is InChI=1S/C29H42N10O5/c1-3-16(2)24(28(43)44)39-26(41)22(9-6-10-34-29(31)32)37-27(42)23(11-17-13-35-21-8-5-4-7-19(17)21)38-25(40)20(30)12-18-14-33-15-36-18/h4-5,7-8,13-16,20,22-24,35H,3,6,9-12,30H2,1-2H3,(H,33,36)(H,37,42)(H,38,40)(H,39,41)(H,43,44)(H4,31,32,34). The highest BCUT2D eigenvalue weighted by atomic mass is 16.4. The number of carbonyl (C=O) groups excluding carboxylic acids is 3. The van der Waals surface area contributed by atoms with E-state index in [2.05, 4.69) is 35.9 Å². The number of aliphatic imine (C=N–C) groups is 1. The van der Waals surface area contributed by atoms with Crippen molar-refractivity contribution in [2.45, 2.75) is 70.1 Å². The number of benzene rings is 1. The van der Waals surface area contributed by atoms with Gasteiger partial charge in [-0.15, -0.1) is 0 Å². The summed E-state index contributed by atoms with van der Waals surface area (Å²) in [6.45, 7) is 3.72. The molecule has 0 saturated heterocycles. The second kappa shape index (κ2) is 16.1. The Kier molecular flexibility index (Phi) is 12.3. The fourth-order valence-electron chi connectivity index (χ4n) is 4.72. The van der Waals surface area contributed by atoms with Gasteiger partial charge in [-0.05, 0) is 30.4 Å². The Morgan fingerprint density at radius 2 is 1.70 bits per heavy atom. The van der Waals surface area contributed by atoms with E-state index in [-0.39, 0.29) is 37.7 Å². The molecule has 1 aromatic carbocycles. The third-order valence-electron chi connectivity index (χ3n) is 7.42. The number of rotatable bonds is 17. The van der Waals surface area contributed by atoms with Gasteiger partial charge in [0.2, 0.25) is 17.7 Å². The third-order valence-corrected chi connectivity index (χ3v) is 7.42. The molecule has 0 aliphatic carbocycles. The molecule has 2 heterocycles. The van der Waals surface area contributed by atoms with Crippen LogP contribution in [0.15, 0.2) is 48.0 Å². The SMILES string of the molecule is CCC(C)C(NC(=O)C(CCCN=C(N)N)NC(=O)C(Cc1c[nH]c2ccccc12)NC(=O)C(N)Cc1cnc[nH]1)C(=O)O. The quantitative estimate of drug-likeness (QED) is 0.0548. The van der Waals surface area contributed by atoms with Crippen molar-refractivity contribution in [3.8, 4) is 0 Å². The van der Waals surface area contributed by atoms with Gasteiger partial charge in [0.1, 0.15) is 18.1 Å². The van der Waals surface area contributed by atoms with Gasteiger partial charge in [-0.25, -0.2) is 9.78 Å². The number of carboxylic acid groups (broad SMARTS) is 1. The summed E-state index contributed by atoms with van der Waals surface area (Å²) < 4.78 is 0. The molecule has 15 heteroatoms. The number of guanidine groups is 1. The molecule has 15 nitrogen and oxygen atoms in total. The normalized spacial score (nSPS) is 14.5. The number of imidazole rings is 1. The first-order chi connectivity index (χ1) is 21.0. The number of nitrogens with two attached hydrogens (primary N) is 3. The Labute approximate surface area is 254 Å². The zero-order valence-electron chi connectivity index (χ0n) is 24.9. The summed E-state index contributed by atoms with van der Waals surface area (Å²) in [6.07, 6.45) is 5.96. The van der Waals surface area contributed by atoms with Crippen molar-refractivity contribution in [1.82, 2.24) is 30.9 Å². The summed E-state index contributed by atoms with van der Waals surface area (Å²) in [5.41, 5.74) is 19.2. The van der Waals surface area contributed by atoms with E-state index < -0.39 is 47.9 Å². The number of aromatic nitrogens is 3. The Balaban J connectivity index is 1.85. The van der Waals surface area contributed by atoms with E-state index >= 15 is 0 Å². The molecule has 44 heavy (non-hydrogen) atoms. The lowest BCUT2D eigenvalue weighted by Crippen LogP contribution is -2.58. The first-order valence-corrected chi connectivity index (χ1v) is 14.5. The van der Waals surface area contributed by atoms with Crippen LogP contribution in [0, 0.1) is 5.92 Å². The molecule has 12 N–H and O–H groups in total. The molecule has 0 aliphatic rings. The summed E-state index contributed by atoms with van der Waals surface area (Å²) in [5.74, 6) is -3.56. The minimum absolute atomic E-state index is 0.0886. The topological polar surface area (TPSA) is 259 Å². The second-order valence-electron chi connectivity index (χ2n) is 10.7. The molecule has 3 amide bonds. The van der Waals surface area contributed by atoms with Crippen molar-refractivity contribution in [3.05, 3.63) is 54.2 Å². The van der Waals surface area contributed by atoms with E-state index in [9.17, 15) is 24.3 Å². The number of carbonyl (C=O) groups is 4. The number of aliphatic carboxylic acids is 1. The van der Waals surface area contributed by atoms with Crippen molar-refractivity contribution >= 4 is 40.6 Å². The predicted molar refractivity (Wildman–Crippen MR) is 165 cm³/mol. The van der Waals surface area contributed by atoms with Gasteiger partial charge in [0.15, 0.2) is 5.96 Å². The van der Waals surface area contributed by atoms with E-state index in [1.807, 2.05) is 31.2 Å². The third kappa shape index (κ3) is 9.55. The second-order valence-corrected chi connectivity index (χ2v) is 10.7. The molecule has 3 aromatic rings. The van der Waals surface area contributed by atoms with E-state index in [1.54, 1.807) is 19.3 Å². The van der Waals surface area contributed by atoms with Crippen LogP contribution in [-0.4, -0.2) is 80.4 Å². The van der Waals surface area contributed by atoms with Gasteiger partial charge < -0.3 is 48.2 Å². The smallest absolute Gasteiger partial charge is 0.326 e. The number of carboxylic acids is 1. The lowest BCUT2D eigenvalue weighted by Gasteiger charge is -2.26. The number of hydrogen-bond donors (Lipinski definition) is 9. The lowest BCUT2D eigenvalue weighted by molar-refractivity contribution is -0.144. The van der Waals surface area contributed by atoms with Crippen molar-refractivity contribution in [2.75, 3.05) is 6.54 Å². The van der Waals surface area contributed by atoms with Crippen LogP contribution in [0.4, 0.5) is 0 Å². The number of amides is 3. The van der Waals surface area contributed by atoms with E-state index in [0.29, 0.717) is 18.5 Å². The summed E-state index contributed by atoms with van der Waals surface area (Å²) in [7, 11) is 0. The fraction of sp³-hybridized carbons (Fsp3) is 0.448. The van der Waals surface area contributed by atoms with Crippen molar-refractivity contribution in [1.29, 1.82) is 0 Å². The van der Waals surface area contributed by atoms with Crippen LogP contribution in [0.2, 0.25) is 0 Å². The van der Waals surface area contributed by atoms with Crippen LogP contribution in [0.1, 0.15) is 44.4 Å². The number of H-pyrrole nitrogens is 2. The molecule has 238 valence electrons. The minimum atomic E-state index is -1.19. The van der Waals surface area contributed by atoms with Crippen LogP contribution >= 0.6 is 0 Å². The minimum Gasteiger partial charge on any atom is -0.480 e. The highest BCUT2D eigenvalue weighted by Gasteiger charge is 2.32. The molecule has 0 fully saturated rings. The number of fused-ring (bicyclic) bond motifs is 1. The molecule has 5 atom stereocenters. The Hall–Kier alpha value is -4.92. The largest absolute Gasteiger partial charge is 0.480 e. The van der Waals surface area contributed by atoms with E-state index in [1.165, 1.54) is 6.33 Å². The van der Waals surface area contributed by atoms with E-state index in [0.717, 1.165) is 16.5 Å². The van der Waals surface area contributed by atoms with Crippen molar-refractivity contribution < 1.29 is 24.3 Å². The molecule has 0 spiro atoms. The molecule has 0 aliphatic heterocycles. The van der Waals surface area contributed by atoms with Crippen LogP contribution in [0.3, 0.4) is 0 Å². The van der Waals surface area contributed by atoms with Crippen LogP contribution in [0.25, 0.3) is 10.9 Å². The molecular formula is C29H42N10O5. The molecule has 2 aromatic heterocycles. The Bertz CT molecular complexity index is 1430. The average Bonchev–Trinajstić information content (AvgIpc) is 3.66. The highest BCUT2D eigenvalue weighted by molar-refractivity contribution is 5.95. The van der Waals surface area contributed by atoms with Crippen LogP contribution in [0.5, 0.6) is 0 Å². The van der Waals surface area contributed by atoms with Crippen molar-refractivity contribution in [2.24, 2.45) is 28.1 Å². The van der Waals surface area contributed by atoms with Gasteiger partial charge in [-0.1, -0.05) is 38.5 Å². The fourth-order valence-corrected chi connectivity index (χ4v) is 4.72.